The Bertz CT molecular complexity index is 476. The third-order valence-electron chi connectivity index (χ3n) is 2.80. The van der Waals surface area contributed by atoms with Gasteiger partial charge >= 0.3 is 0 Å². The Labute approximate surface area is 102 Å². The Morgan fingerprint density at radius 3 is 2.88 bits per heavy atom. The Morgan fingerprint density at radius 2 is 2.12 bits per heavy atom. The highest BCUT2D eigenvalue weighted by Gasteiger charge is 2.02. The molecule has 0 aliphatic rings. The van der Waals surface area contributed by atoms with Gasteiger partial charge in [0, 0.05) is 25.2 Å². The quantitative estimate of drug-likeness (QED) is 0.856. The van der Waals surface area contributed by atoms with Crippen LogP contribution in [0, 0.1) is 6.92 Å². The van der Waals surface area contributed by atoms with Gasteiger partial charge in [-0.15, -0.1) is 0 Å². The molecule has 0 unspecified atom stereocenters. The van der Waals surface area contributed by atoms with Crippen molar-refractivity contribution in [2.24, 2.45) is 0 Å². The smallest absolute Gasteiger partial charge is 0.138 e. The first-order chi connectivity index (χ1) is 8.31. The standard InChI is InChI=1S/C13H18N4/c1-3-17-13(15-10-16-17)8-9-14-12-7-5-4-6-11(12)2/h4-7,10,14H,3,8-9H2,1-2H3. The highest BCUT2D eigenvalue weighted by atomic mass is 15.3. The maximum atomic E-state index is 4.25. The van der Waals surface area contributed by atoms with E-state index >= 15 is 0 Å². The average Bonchev–Trinajstić information content (AvgIpc) is 2.79. The van der Waals surface area contributed by atoms with Crippen LogP contribution in [0.15, 0.2) is 30.6 Å². The van der Waals surface area contributed by atoms with Crippen LogP contribution in [0.3, 0.4) is 0 Å². The summed E-state index contributed by atoms with van der Waals surface area (Å²) in [6.07, 6.45) is 2.51. The first-order valence-corrected chi connectivity index (χ1v) is 5.97. The van der Waals surface area contributed by atoms with Crippen molar-refractivity contribution in [1.29, 1.82) is 0 Å². The van der Waals surface area contributed by atoms with E-state index in [-0.39, 0.29) is 0 Å². The van der Waals surface area contributed by atoms with E-state index in [1.807, 2.05) is 16.8 Å². The molecule has 2 aromatic rings. The summed E-state index contributed by atoms with van der Waals surface area (Å²) in [6.45, 7) is 5.94. The molecule has 17 heavy (non-hydrogen) atoms. The maximum Gasteiger partial charge on any atom is 0.138 e. The summed E-state index contributed by atoms with van der Waals surface area (Å²) >= 11 is 0. The Balaban J connectivity index is 1.90. The second-order valence-corrected chi connectivity index (χ2v) is 3.98. The van der Waals surface area contributed by atoms with Gasteiger partial charge in [-0.05, 0) is 25.5 Å². The molecule has 0 amide bonds. The molecular weight excluding hydrogens is 212 g/mol. The summed E-state index contributed by atoms with van der Waals surface area (Å²) < 4.78 is 1.93. The highest BCUT2D eigenvalue weighted by Crippen LogP contribution is 2.12. The van der Waals surface area contributed by atoms with Crippen molar-refractivity contribution in [2.45, 2.75) is 26.8 Å². The van der Waals surface area contributed by atoms with Crippen LogP contribution in [0.25, 0.3) is 0 Å². The van der Waals surface area contributed by atoms with Crippen molar-refractivity contribution in [3.63, 3.8) is 0 Å². The fraction of sp³-hybridized carbons (Fsp3) is 0.385. The average molecular weight is 230 g/mol. The molecule has 1 N–H and O–H groups in total. The van der Waals surface area contributed by atoms with Crippen LogP contribution < -0.4 is 5.32 Å². The van der Waals surface area contributed by atoms with Gasteiger partial charge in [0.2, 0.25) is 0 Å². The molecule has 4 nitrogen and oxygen atoms in total. The third kappa shape index (κ3) is 2.84. The van der Waals surface area contributed by atoms with Gasteiger partial charge in [-0.1, -0.05) is 18.2 Å². The number of rotatable bonds is 5. The summed E-state index contributed by atoms with van der Waals surface area (Å²) in [7, 11) is 0. The predicted octanol–water partition coefficient (Wildman–Crippen LogP) is 2.26. The molecule has 4 heteroatoms. The summed E-state index contributed by atoms with van der Waals surface area (Å²) in [4.78, 5) is 4.25. The van der Waals surface area contributed by atoms with Crippen LogP contribution in [0.4, 0.5) is 5.69 Å². The number of nitrogens with one attached hydrogen (secondary N) is 1. The molecule has 1 aromatic carbocycles. The van der Waals surface area contributed by atoms with E-state index in [2.05, 4.69) is 41.4 Å². The molecule has 90 valence electrons. The number of benzene rings is 1. The van der Waals surface area contributed by atoms with Gasteiger partial charge < -0.3 is 5.32 Å². The zero-order valence-electron chi connectivity index (χ0n) is 10.3. The third-order valence-corrected chi connectivity index (χ3v) is 2.80. The minimum atomic E-state index is 0.875. The lowest BCUT2D eigenvalue weighted by molar-refractivity contribution is 0.616. The number of aryl methyl sites for hydroxylation is 2. The normalized spacial score (nSPS) is 10.5. The molecule has 1 heterocycles. The molecule has 2 rings (SSSR count). The van der Waals surface area contributed by atoms with Crippen molar-refractivity contribution in [3.8, 4) is 0 Å². The molecule has 0 saturated carbocycles. The number of hydrogen-bond donors (Lipinski definition) is 1. The maximum absolute atomic E-state index is 4.25. The van der Waals surface area contributed by atoms with Crippen LogP contribution in [0.2, 0.25) is 0 Å². The predicted molar refractivity (Wildman–Crippen MR) is 69.1 cm³/mol. The monoisotopic (exact) mass is 230 g/mol. The summed E-state index contributed by atoms with van der Waals surface area (Å²) in [5, 5.41) is 7.58. The van der Waals surface area contributed by atoms with Crippen LogP contribution in [-0.2, 0) is 13.0 Å². The minimum Gasteiger partial charge on any atom is -0.384 e. The van der Waals surface area contributed by atoms with Crippen LogP contribution in [-0.4, -0.2) is 21.3 Å². The Kier molecular flexibility index (Phi) is 3.75. The topological polar surface area (TPSA) is 42.7 Å². The molecule has 0 radical (unpaired) electrons. The zero-order valence-corrected chi connectivity index (χ0v) is 10.3. The number of anilines is 1. The van der Waals surface area contributed by atoms with Gasteiger partial charge in [0.1, 0.15) is 12.2 Å². The summed E-state index contributed by atoms with van der Waals surface area (Å²) in [5.41, 5.74) is 2.46. The van der Waals surface area contributed by atoms with Crippen molar-refractivity contribution in [1.82, 2.24) is 14.8 Å². The number of para-hydroxylation sites is 1. The van der Waals surface area contributed by atoms with E-state index in [1.54, 1.807) is 6.33 Å². The molecule has 0 aliphatic carbocycles. The summed E-state index contributed by atoms with van der Waals surface area (Å²) in [5.74, 6) is 1.04. The molecule has 0 fully saturated rings. The number of aromatic nitrogens is 3. The van der Waals surface area contributed by atoms with Crippen molar-refractivity contribution in [2.75, 3.05) is 11.9 Å². The van der Waals surface area contributed by atoms with Crippen LogP contribution in [0.1, 0.15) is 18.3 Å². The van der Waals surface area contributed by atoms with Crippen LogP contribution in [0.5, 0.6) is 0 Å². The lowest BCUT2D eigenvalue weighted by Crippen LogP contribution is -2.11. The van der Waals surface area contributed by atoms with Crippen molar-refractivity contribution >= 4 is 5.69 Å². The van der Waals surface area contributed by atoms with Crippen LogP contribution >= 0.6 is 0 Å². The molecule has 0 aliphatic heterocycles. The largest absolute Gasteiger partial charge is 0.384 e. The van der Waals surface area contributed by atoms with Gasteiger partial charge in [0.05, 0.1) is 0 Å². The van der Waals surface area contributed by atoms with E-state index in [4.69, 9.17) is 0 Å². The first kappa shape index (κ1) is 11.6. The molecule has 0 spiro atoms. The fourth-order valence-electron chi connectivity index (χ4n) is 1.83. The van der Waals surface area contributed by atoms with Gasteiger partial charge in [0.25, 0.3) is 0 Å². The van der Waals surface area contributed by atoms with Gasteiger partial charge in [0.15, 0.2) is 0 Å². The number of hydrogen-bond acceptors (Lipinski definition) is 3. The van der Waals surface area contributed by atoms with E-state index in [1.165, 1.54) is 11.3 Å². The molecule has 0 bridgehead atoms. The minimum absolute atomic E-state index is 0.875. The summed E-state index contributed by atoms with van der Waals surface area (Å²) in [6, 6.07) is 8.30. The van der Waals surface area contributed by atoms with Crippen molar-refractivity contribution < 1.29 is 0 Å². The van der Waals surface area contributed by atoms with Gasteiger partial charge in [-0.25, -0.2) is 4.98 Å². The van der Waals surface area contributed by atoms with E-state index in [0.717, 1.165) is 25.3 Å². The molecule has 0 saturated heterocycles. The van der Waals surface area contributed by atoms with E-state index in [9.17, 15) is 0 Å². The van der Waals surface area contributed by atoms with E-state index < -0.39 is 0 Å². The molecular formula is C13H18N4. The van der Waals surface area contributed by atoms with E-state index in [0.29, 0.717) is 0 Å². The lowest BCUT2D eigenvalue weighted by Gasteiger charge is -2.09. The van der Waals surface area contributed by atoms with Gasteiger partial charge in [-0.2, -0.15) is 5.10 Å². The highest BCUT2D eigenvalue weighted by molar-refractivity contribution is 5.50. The first-order valence-electron chi connectivity index (χ1n) is 5.97. The SMILES string of the molecule is CCn1ncnc1CCNc1ccccc1C. The second kappa shape index (κ2) is 5.48. The lowest BCUT2D eigenvalue weighted by atomic mass is 10.2. The second-order valence-electron chi connectivity index (χ2n) is 3.98. The Morgan fingerprint density at radius 1 is 1.29 bits per heavy atom. The van der Waals surface area contributed by atoms with Crippen molar-refractivity contribution in [3.05, 3.63) is 42.0 Å². The Hall–Kier alpha value is -1.84. The molecule has 1 aromatic heterocycles. The molecule has 0 atom stereocenters. The number of nitrogens with zero attached hydrogens (tertiary/aromatic N) is 3. The zero-order chi connectivity index (χ0) is 12.1. The van der Waals surface area contributed by atoms with Gasteiger partial charge in [-0.3, -0.25) is 4.68 Å². The fourth-order valence-corrected chi connectivity index (χ4v) is 1.83.